The average molecular weight is 314 g/mol. The fourth-order valence-corrected chi connectivity index (χ4v) is 2.94. The van der Waals surface area contributed by atoms with Gasteiger partial charge in [-0.15, -0.1) is 0 Å². The van der Waals surface area contributed by atoms with Gasteiger partial charge in [-0.3, -0.25) is 0 Å². The number of ether oxygens (including phenoxy) is 2. The molecule has 0 spiro atoms. The van der Waals surface area contributed by atoms with E-state index in [1.165, 1.54) is 12.0 Å². The Morgan fingerprint density at radius 3 is 2.67 bits per heavy atom. The smallest absolute Gasteiger partial charge is 0.161 e. The highest BCUT2D eigenvalue weighted by Crippen LogP contribution is 2.38. The van der Waals surface area contributed by atoms with Gasteiger partial charge in [-0.2, -0.15) is 0 Å². The summed E-state index contributed by atoms with van der Waals surface area (Å²) < 4.78 is 12.3. The standard InChI is InChI=1S/C14H20BrNO2/c1-9(2)18-14-6-11(10-4-5-16-8-10)12(15)7-13(14)17-3/h6-7,9-10,16H,4-5,8H2,1-3H3. The molecule has 1 fully saturated rings. The van der Waals surface area contributed by atoms with Gasteiger partial charge in [0.05, 0.1) is 13.2 Å². The second-order valence-electron chi connectivity index (χ2n) is 4.88. The molecule has 1 heterocycles. The molecule has 0 aromatic heterocycles. The van der Waals surface area contributed by atoms with Crippen molar-refractivity contribution in [1.82, 2.24) is 5.32 Å². The van der Waals surface area contributed by atoms with Crippen LogP contribution in [0.15, 0.2) is 16.6 Å². The maximum absolute atomic E-state index is 5.83. The van der Waals surface area contributed by atoms with Gasteiger partial charge in [0.1, 0.15) is 0 Å². The average Bonchev–Trinajstić information content (AvgIpc) is 2.83. The van der Waals surface area contributed by atoms with Crippen molar-refractivity contribution in [1.29, 1.82) is 0 Å². The Kier molecular flexibility index (Phi) is 4.51. The van der Waals surface area contributed by atoms with Crippen LogP contribution < -0.4 is 14.8 Å². The molecule has 1 aromatic carbocycles. The van der Waals surface area contributed by atoms with Crippen LogP contribution in [0.25, 0.3) is 0 Å². The van der Waals surface area contributed by atoms with Gasteiger partial charge in [0.25, 0.3) is 0 Å². The Bertz CT molecular complexity index is 415. The first-order valence-electron chi connectivity index (χ1n) is 6.36. The van der Waals surface area contributed by atoms with Crippen LogP contribution in [0, 0.1) is 0 Å². The molecule has 2 rings (SSSR count). The first-order valence-corrected chi connectivity index (χ1v) is 7.16. The number of hydrogen-bond acceptors (Lipinski definition) is 3. The zero-order valence-corrected chi connectivity index (χ0v) is 12.7. The molecule has 4 heteroatoms. The number of methoxy groups -OCH3 is 1. The monoisotopic (exact) mass is 313 g/mol. The molecule has 0 saturated carbocycles. The molecule has 0 aliphatic carbocycles. The summed E-state index contributed by atoms with van der Waals surface area (Å²) in [6.45, 7) is 6.17. The molecule has 1 saturated heterocycles. The fraction of sp³-hybridized carbons (Fsp3) is 0.571. The molecule has 0 amide bonds. The predicted octanol–water partition coefficient (Wildman–Crippen LogP) is 3.32. The van der Waals surface area contributed by atoms with Crippen LogP contribution in [0.5, 0.6) is 11.5 Å². The zero-order valence-electron chi connectivity index (χ0n) is 11.1. The van der Waals surface area contributed by atoms with Gasteiger partial charge in [-0.1, -0.05) is 15.9 Å². The van der Waals surface area contributed by atoms with E-state index in [2.05, 4.69) is 27.3 Å². The number of hydrogen-bond donors (Lipinski definition) is 1. The molecular formula is C14H20BrNO2. The summed E-state index contributed by atoms with van der Waals surface area (Å²) in [4.78, 5) is 0. The van der Waals surface area contributed by atoms with Crippen LogP contribution >= 0.6 is 15.9 Å². The molecule has 1 aromatic rings. The summed E-state index contributed by atoms with van der Waals surface area (Å²) in [5.74, 6) is 2.17. The lowest BCUT2D eigenvalue weighted by Gasteiger charge is -2.18. The highest BCUT2D eigenvalue weighted by Gasteiger charge is 2.21. The van der Waals surface area contributed by atoms with Crippen molar-refractivity contribution in [2.24, 2.45) is 0 Å². The summed E-state index contributed by atoms with van der Waals surface area (Å²) in [7, 11) is 1.67. The highest BCUT2D eigenvalue weighted by atomic mass is 79.9. The first kappa shape index (κ1) is 13.7. The van der Waals surface area contributed by atoms with Gasteiger partial charge in [-0.05, 0) is 50.4 Å². The molecular weight excluding hydrogens is 294 g/mol. The zero-order chi connectivity index (χ0) is 13.1. The topological polar surface area (TPSA) is 30.5 Å². The molecule has 1 unspecified atom stereocenters. The van der Waals surface area contributed by atoms with E-state index in [4.69, 9.17) is 9.47 Å². The van der Waals surface area contributed by atoms with Gasteiger partial charge in [0.15, 0.2) is 11.5 Å². The van der Waals surface area contributed by atoms with Crippen LogP contribution in [0.3, 0.4) is 0 Å². The largest absolute Gasteiger partial charge is 0.493 e. The third-order valence-electron chi connectivity index (χ3n) is 3.15. The Labute approximate surface area is 117 Å². The van der Waals surface area contributed by atoms with Crippen LogP contribution in [0.4, 0.5) is 0 Å². The van der Waals surface area contributed by atoms with E-state index in [1.807, 2.05) is 19.9 Å². The Morgan fingerprint density at radius 1 is 1.33 bits per heavy atom. The van der Waals surface area contributed by atoms with Crippen molar-refractivity contribution >= 4 is 15.9 Å². The van der Waals surface area contributed by atoms with Gasteiger partial charge >= 0.3 is 0 Å². The van der Waals surface area contributed by atoms with E-state index >= 15 is 0 Å². The quantitative estimate of drug-likeness (QED) is 0.925. The molecule has 18 heavy (non-hydrogen) atoms. The molecule has 0 radical (unpaired) electrons. The molecule has 3 nitrogen and oxygen atoms in total. The molecule has 1 atom stereocenters. The minimum Gasteiger partial charge on any atom is -0.493 e. The minimum atomic E-state index is 0.148. The molecule has 1 aliphatic heterocycles. The summed E-state index contributed by atoms with van der Waals surface area (Å²) in [6, 6.07) is 4.12. The lowest BCUT2D eigenvalue weighted by atomic mass is 9.98. The number of nitrogens with one attached hydrogen (secondary N) is 1. The lowest BCUT2D eigenvalue weighted by Crippen LogP contribution is -2.10. The molecule has 0 bridgehead atoms. The Morgan fingerprint density at radius 2 is 2.11 bits per heavy atom. The van der Waals surface area contributed by atoms with E-state index in [9.17, 15) is 0 Å². The third kappa shape index (κ3) is 2.98. The minimum absolute atomic E-state index is 0.148. The van der Waals surface area contributed by atoms with Gasteiger partial charge in [0, 0.05) is 11.0 Å². The summed E-state index contributed by atoms with van der Waals surface area (Å²) >= 11 is 3.64. The van der Waals surface area contributed by atoms with E-state index in [1.54, 1.807) is 7.11 Å². The number of benzene rings is 1. The van der Waals surface area contributed by atoms with Crippen molar-refractivity contribution in [2.45, 2.75) is 32.3 Å². The summed E-state index contributed by atoms with van der Waals surface area (Å²) in [5, 5.41) is 3.39. The van der Waals surface area contributed by atoms with Crippen LogP contribution in [-0.2, 0) is 0 Å². The molecule has 100 valence electrons. The maximum atomic E-state index is 5.83. The maximum Gasteiger partial charge on any atom is 0.161 e. The highest BCUT2D eigenvalue weighted by molar-refractivity contribution is 9.10. The van der Waals surface area contributed by atoms with Crippen molar-refractivity contribution in [2.75, 3.05) is 20.2 Å². The Hall–Kier alpha value is -0.740. The molecule has 1 aliphatic rings. The van der Waals surface area contributed by atoms with Crippen molar-refractivity contribution in [3.05, 3.63) is 22.2 Å². The van der Waals surface area contributed by atoms with Gasteiger partial charge in [-0.25, -0.2) is 0 Å². The van der Waals surface area contributed by atoms with Crippen LogP contribution in [0.1, 0.15) is 31.7 Å². The van der Waals surface area contributed by atoms with Gasteiger partial charge in [0.2, 0.25) is 0 Å². The van der Waals surface area contributed by atoms with Gasteiger partial charge < -0.3 is 14.8 Å². The SMILES string of the molecule is COc1cc(Br)c(C2CCNC2)cc1OC(C)C. The third-order valence-corrected chi connectivity index (χ3v) is 3.83. The van der Waals surface area contributed by atoms with Crippen molar-refractivity contribution in [3.8, 4) is 11.5 Å². The van der Waals surface area contributed by atoms with E-state index < -0.39 is 0 Å². The number of rotatable bonds is 4. The summed E-state index contributed by atoms with van der Waals surface area (Å²) in [5.41, 5.74) is 1.30. The first-order chi connectivity index (χ1) is 8.61. The second kappa shape index (κ2) is 5.93. The summed E-state index contributed by atoms with van der Waals surface area (Å²) in [6.07, 6.45) is 1.32. The lowest BCUT2D eigenvalue weighted by molar-refractivity contribution is 0.229. The predicted molar refractivity (Wildman–Crippen MR) is 76.7 cm³/mol. The van der Waals surface area contributed by atoms with E-state index in [0.717, 1.165) is 29.1 Å². The fourth-order valence-electron chi connectivity index (χ4n) is 2.29. The Balaban J connectivity index is 2.34. The van der Waals surface area contributed by atoms with Crippen LogP contribution in [-0.4, -0.2) is 26.3 Å². The van der Waals surface area contributed by atoms with E-state index in [-0.39, 0.29) is 6.10 Å². The van der Waals surface area contributed by atoms with Crippen molar-refractivity contribution in [3.63, 3.8) is 0 Å². The van der Waals surface area contributed by atoms with Crippen molar-refractivity contribution < 1.29 is 9.47 Å². The normalized spacial score (nSPS) is 19.3. The second-order valence-corrected chi connectivity index (χ2v) is 5.74. The molecule has 1 N–H and O–H groups in total. The number of halogens is 1. The van der Waals surface area contributed by atoms with E-state index in [0.29, 0.717) is 5.92 Å². The van der Waals surface area contributed by atoms with Crippen LogP contribution in [0.2, 0.25) is 0 Å².